The number of ether oxygens (including phenoxy) is 1. The summed E-state index contributed by atoms with van der Waals surface area (Å²) < 4.78 is 5.92. The first-order chi connectivity index (χ1) is 9.69. The molecule has 1 atom stereocenters. The number of hydrogen-bond acceptors (Lipinski definition) is 3. The van der Waals surface area contributed by atoms with Crippen LogP contribution in [0.25, 0.3) is 0 Å². The van der Waals surface area contributed by atoms with Gasteiger partial charge in [-0.3, -0.25) is 0 Å². The summed E-state index contributed by atoms with van der Waals surface area (Å²) in [5.41, 5.74) is 2.27. The van der Waals surface area contributed by atoms with E-state index < -0.39 is 0 Å². The van der Waals surface area contributed by atoms with Crippen molar-refractivity contribution >= 4 is 0 Å². The molecular formula is C17H30N2O. The van der Waals surface area contributed by atoms with E-state index in [2.05, 4.69) is 43.2 Å². The Bertz CT molecular complexity index is 379. The third-order valence-electron chi connectivity index (χ3n) is 3.58. The maximum Gasteiger partial charge on any atom is 0.213 e. The first-order valence-electron chi connectivity index (χ1n) is 8.00. The van der Waals surface area contributed by atoms with E-state index in [0.717, 1.165) is 31.3 Å². The normalized spacial score (nSPS) is 12.4. The van der Waals surface area contributed by atoms with E-state index in [1.54, 1.807) is 0 Å². The molecule has 0 radical (unpaired) electrons. The minimum absolute atomic E-state index is 0.648. The van der Waals surface area contributed by atoms with Gasteiger partial charge in [0.05, 0.1) is 6.61 Å². The first-order valence-corrected chi connectivity index (χ1v) is 8.00. The van der Waals surface area contributed by atoms with Crippen LogP contribution in [0.15, 0.2) is 12.1 Å². The van der Waals surface area contributed by atoms with Crippen LogP contribution in [-0.2, 0) is 6.54 Å². The Hall–Kier alpha value is -1.09. The number of nitrogens with zero attached hydrogens (tertiary/aromatic N) is 1. The van der Waals surface area contributed by atoms with Crippen LogP contribution in [0.4, 0.5) is 0 Å². The predicted octanol–water partition coefficient (Wildman–Crippen LogP) is 4.09. The molecule has 0 aliphatic heterocycles. The molecule has 1 aromatic rings. The number of pyridine rings is 1. The van der Waals surface area contributed by atoms with Crippen molar-refractivity contribution in [3.8, 4) is 5.88 Å². The molecule has 0 amide bonds. The van der Waals surface area contributed by atoms with Crippen molar-refractivity contribution in [2.75, 3.05) is 13.2 Å². The highest BCUT2D eigenvalue weighted by molar-refractivity contribution is 5.24. The molecule has 3 heteroatoms. The Balaban J connectivity index is 2.55. The van der Waals surface area contributed by atoms with Gasteiger partial charge in [0.2, 0.25) is 5.88 Å². The van der Waals surface area contributed by atoms with Gasteiger partial charge >= 0.3 is 0 Å². The average molecular weight is 278 g/mol. The molecule has 0 spiro atoms. The molecule has 1 heterocycles. The molecule has 1 N–H and O–H groups in total. The molecule has 0 fully saturated rings. The van der Waals surface area contributed by atoms with Crippen molar-refractivity contribution in [2.24, 2.45) is 5.92 Å². The van der Waals surface area contributed by atoms with Gasteiger partial charge in [0.25, 0.3) is 0 Å². The first kappa shape index (κ1) is 17.0. The number of hydrogen-bond donors (Lipinski definition) is 1. The monoisotopic (exact) mass is 278 g/mol. The van der Waals surface area contributed by atoms with Gasteiger partial charge in [-0.1, -0.05) is 40.0 Å². The second-order valence-electron chi connectivity index (χ2n) is 5.46. The summed E-state index contributed by atoms with van der Waals surface area (Å²) in [5, 5.41) is 3.34. The Labute approximate surface area is 124 Å². The summed E-state index contributed by atoms with van der Waals surface area (Å²) in [5.74, 6) is 1.42. The lowest BCUT2D eigenvalue weighted by molar-refractivity contribution is 0.225. The highest BCUT2D eigenvalue weighted by Crippen LogP contribution is 2.17. The Kier molecular flexibility index (Phi) is 8.28. The fourth-order valence-corrected chi connectivity index (χ4v) is 2.25. The van der Waals surface area contributed by atoms with Gasteiger partial charge in [-0.25, -0.2) is 4.98 Å². The molecular weight excluding hydrogens is 248 g/mol. The number of rotatable bonds is 10. The van der Waals surface area contributed by atoms with Gasteiger partial charge in [0.15, 0.2) is 0 Å². The molecule has 0 aliphatic carbocycles. The zero-order valence-electron chi connectivity index (χ0n) is 13.5. The molecule has 0 aromatic carbocycles. The Morgan fingerprint density at radius 1 is 1.25 bits per heavy atom. The summed E-state index contributed by atoms with van der Waals surface area (Å²) in [6.07, 6.45) is 4.97. The van der Waals surface area contributed by atoms with Crippen molar-refractivity contribution in [1.82, 2.24) is 10.3 Å². The molecule has 0 saturated carbocycles. The number of aryl methyl sites for hydroxylation is 1. The zero-order valence-corrected chi connectivity index (χ0v) is 13.5. The minimum Gasteiger partial charge on any atom is -0.477 e. The number of nitrogens with one attached hydrogen (secondary N) is 1. The zero-order chi connectivity index (χ0) is 14.8. The number of aromatic nitrogens is 1. The molecule has 1 aromatic heterocycles. The standard InChI is InChI=1S/C17H30N2O/c1-5-8-9-15(6-2)13-20-17-11-16(12-18-7-3)10-14(4)19-17/h10-11,15,18H,5-9,12-13H2,1-4H3. The van der Waals surface area contributed by atoms with Crippen LogP contribution in [0.3, 0.4) is 0 Å². The van der Waals surface area contributed by atoms with Crippen LogP contribution < -0.4 is 10.1 Å². The number of unbranched alkanes of at least 4 members (excludes halogenated alkanes) is 1. The van der Waals surface area contributed by atoms with Crippen molar-refractivity contribution in [2.45, 2.75) is 59.9 Å². The van der Waals surface area contributed by atoms with E-state index in [1.165, 1.54) is 31.2 Å². The fourth-order valence-electron chi connectivity index (χ4n) is 2.25. The molecule has 20 heavy (non-hydrogen) atoms. The smallest absolute Gasteiger partial charge is 0.213 e. The van der Waals surface area contributed by atoms with Crippen LogP contribution in [0, 0.1) is 12.8 Å². The maximum atomic E-state index is 5.92. The van der Waals surface area contributed by atoms with Crippen molar-refractivity contribution in [1.29, 1.82) is 0 Å². The summed E-state index contributed by atoms with van der Waals surface area (Å²) >= 11 is 0. The van der Waals surface area contributed by atoms with E-state index in [4.69, 9.17) is 4.74 Å². The van der Waals surface area contributed by atoms with Gasteiger partial charge in [-0.2, -0.15) is 0 Å². The fraction of sp³-hybridized carbons (Fsp3) is 0.706. The summed E-state index contributed by atoms with van der Waals surface area (Å²) in [6, 6.07) is 4.17. The van der Waals surface area contributed by atoms with Crippen molar-refractivity contribution in [3.63, 3.8) is 0 Å². The Morgan fingerprint density at radius 3 is 2.70 bits per heavy atom. The SMILES string of the molecule is CCCCC(CC)COc1cc(CNCC)cc(C)n1. The van der Waals surface area contributed by atoms with Crippen molar-refractivity contribution < 1.29 is 4.74 Å². The highest BCUT2D eigenvalue weighted by Gasteiger charge is 2.08. The van der Waals surface area contributed by atoms with Crippen molar-refractivity contribution in [3.05, 3.63) is 23.4 Å². The summed E-state index contributed by atoms with van der Waals surface area (Å²) in [6.45, 7) is 11.3. The van der Waals surface area contributed by atoms with Gasteiger partial charge in [0.1, 0.15) is 0 Å². The molecule has 0 bridgehead atoms. The summed E-state index contributed by atoms with van der Waals surface area (Å²) in [7, 11) is 0. The lowest BCUT2D eigenvalue weighted by Crippen LogP contribution is -2.14. The molecule has 114 valence electrons. The molecule has 0 aliphatic rings. The minimum atomic E-state index is 0.648. The van der Waals surface area contributed by atoms with Gasteiger partial charge < -0.3 is 10.1 Å². The Morgan fingerprint density at radius 2 is 2.05 bits per heavy atom. The second kappa shape index (κ2) is 9.76. The quantitative estimate of drug-likeness (QED) is 0.700. The summed E-state index contributed by atoms with van der Waals surface area (Å²) in [4.78, 5) is 4.48. The van der Waals surface area contributed by atoms with Crippen LogP contribution in [-0.4, -0.2) is 18.1 Å². The van der Waals surface area contributed by atoms with E-state index in [1.807, 2.05) is 6.92 Å². The van der Waals surface area contributed by atoms with E-state index in [0.29, 0.717) is 5.92 Å². The topological polar surface area (TPSA) is 34.1 Å². The van der Waals surface area contributed by atoms with Crippen LogP contribution >= 0.6 is 0 Å². The van der Waals surface area contributed by atoms with E-state index >= 15 is 0 Å². The lowest BCUT2D eigenvalue weighted by Gasteiger charge is -2.16. The molecule has 3 nitrogen and oxygen atoms in total. The highest BCUT2D eigenvalue weighted by atomic mass is 16.5. The molecule has 1 unspecified atom stereocenters. The van der Waals surface area contributed by atoms with Crippen LogP contribution in [0.5, 0.6) is 5.88 Å². The van der Waals surface area contributed by atoms with Gasteiger partial charge in [-0.05, 0) is 37.4 Å². The van der Waals surface area contributed by atoms with E-state index in [9.17, 15) is 0 Å². The molecule has 1 rings (SSSR count). The van der Waals surface area contributed by atoms with Gasteiger partial charge in [-0.15, -0.1) is 0 Å². The van der Waals surface area contributed by atoms with Gasteiger partial charge in [0, 0.05) is 18.3 Å². The predicted molar refractivity (Wildman–Crippen MR) is 85.2 cm³/mol. The van der Waals surface area contributed by atoms with E-state index in [-0.39, 0.29) is 0 Å². The third kappa shape index (κ3) is 6.38. The second-order valence-corrected chi connectivity index (χ2v) is 5.46. The average Bonchev–Trinajstić information content (AvgIpc) is 2.45. The maximum absolute atomic E-state index is 5.92. The lowest BCUT2D eigenvalue weighted by atomic mass is 10.0. The third-order valence-corrected chi connectivity index (χ3v) is 3.58. The van der Waals surface area contributed by atoms with Crippen LogP contribution in [0.1, 0.15) is 57.7 Å². The molecule has 0 saturated heterocycles. The van der Waals surface area contributed by atoms with Crippen LogP contribution in [0.2, 0.25) is 0 Å². The largest absolute Gasteiger partial charge is 0.477 e.